The first kappa shape index (κ1) is 20.2. The zero-order valence-corrected chi connectivity index (χ0v) is 17.2. The van der Waals surface area contributed by atoms with E-state index in [2.05, 4.69) is 20.5 Å². The molecule has 1 aromatic carbocycles. The van der Waals surface area contributed by atoms with E-state index in [1.54, 1.807) is 12.3 Å². The molecule has 1 N–H and O–H groups in total. The number of nitrogens with one attached hydrogen (secondary N) is 1. The van der Waals surface area contributed by atoms with E-state index < -0.39 is 15.8 Å². The summed E-state index contributed by atoms with van der Waals surface area (Å²) in [6.07, 6.45) is 1.72. The van der Waals surface area contributed by atoms with Crippen molar-refractivity contribution in [1.82, 2.24) is 19.5 Å². The molecule has 8 nitrogen and oxygen atoms in total. The largest absolute Gasteiger partial charge is 0.352 e. The fourth-order valence-electron chi connectivity index (χ4n) is 3.25. The summed E-state index contributed by atoms with van der Waals surface area (Å²) in [6.45, 7) is 3.34. The van der Waals surface area contributed by atoms with Gasteiger partial charge in [0.25, 0.3) is 0 Å². The van der Waals surface area contributed by atoms with Crippen LogP contribution in [-0.2, 0) is 10.0 Å². The molecule has 4 rings (SSSR count). The summed E-state index contributed by atoms with van der Waals surface area (Å²) in [4.78, 5) is 5.89. The van der Waals surface area contributed by atoms with Gasteiger partial charge in [-0.25, -0.2) is 17.8 Å². The number of halogens is 1. The molecule has 0 amide bonds. The molecule has 156 valence electrons. The van der Waals surface area contributed by atoms with Gasteiger partial charge in [0.1, 0.15) is 16.5 Å². The van der Waals surface area contributed by atoms with Crippen molar-refractivity contribution in [3.8, 4) is 0 Å². The fourth-order valence-corrected chi connectivity index (χ4v) is 4.73. The van der Waals surface area contributed by atoms with E-state index >= 15 is 0 Å². The Morgan fingerprint density at radius 3 is 2.40 bits per heavy atom. The SMILES string of the molecule is Cc1ccnc(Nc2ccc(N3CCN(S(=O)(=O)c4ccccc4F)CC3)nn2)c1. The highest BCUT2D eigenvalue weighted by molar-refractivity contribution is 7.89. The third-order valence-electron chi connectivity index (χ3n) is 4.84. The van der Waals surface area contributed by atoms with E-state index in [0.29, 0.717) is 30.5 Å². The van der Waals surface area contributed by atoms with E-state index in [4.69, 9.17) is 0 Å². The summed E-state index contributed by atoms with van der Waals surface area (Å²) in [5, 5.41) is 11.5. The van der Waals surface area contributed by atoms with Crippen molar-refractivity contribution in [2.45, 2.75) is 11.8 Å². The summed E-state index contributed by atoms with van der Waals surface area (Å²) < 4.78 is 40.7. The predicted molar refractivity (Wildman–Crippen MR) is 112 cm³/mol. The minimum atomic E-state index is -3.86. The molecule has 3 aromatic rings. The van der Waals surface area contributed by atoms with E-state index in [9.17, 15) is 12.8 Å². The number of hydrogen-bond acceptors (Lipinski definition) is 7. The van der Waals surface area contributed by atoms with Crippen LogP contribution in [0.4, 0.5) is 21.8 Å². The number of hydrogen-bond donors (Lipinski definition) is 1. The van der Waals surface area contributed by atoms with Gasteiger partial charge in [0.05, 0.1) is 0 Å². The summed E-state index contributed by atoms with van der Waals surface area (Å²) in [6, 6.07) is 12.9. The molecule has 0 radical (unpaired) electrons. The monoisotopic (exact) mass is 428 g/mol. The van der Waals surface area contributed by atoms with Crippen LogP contribution < -0.4 is 10.2 Å². The molecule has 0 saturated carbocycles. The summed E-state index contributed by atoms with van der Waals surface area (Å²) in [5.41, 5.74) is 1.08. The standard InChI is InChI=1S/C20H21FN6O2S/c1-15-8-9-22-19(14-15)23-18-6-7-20(25-24-18)26-10-12-27(13-11-26)30(28,29)17-5-3-2-4-16(17)21/h2-9,14H,10-13H2,1H3,(H,22,23,24). The van der Waals surface area contributed by atoms with Crippen molar-refractivity contribution < 1.29 is 12.8 Å². The van der Waals surface area contributed by atoms with Crippen molar-refractivity contribution in [3.05, 3.63) is 66.1 Å². The van der Waals surface area contributed by atoms with E-state index in [1.807, 2.05) is 30.0 Å². The summed E-state index contributed by atoms with van der Waals surface area (Å²) in [5.74, 6) is 1.17. The number of nitrogens with zero attached hydrogens (tertiary/aromatic N) is 5. The van der Waals surface area contributed by atoms with Crippen LogP contribution in [0.1, 0.15) is 5.56 Å². The van der Waals surface area contributed by atoms with E-state index in [1.165, 1.54) is 22.5 Å². The number of piperazine rings is 1. The maximum absolute atomic E-state index is 14.0. The highest BCUT2D eigenvalue weighted by Crippen LogP contribution is 2.22. The lowest BCUT2D eigenvalue weighted by molar-refractivity contribution is 0.381. The smallest absolute Gasteiger partial charge is 0.246 e. The van der Waals surface area contributed by atoms with Gasteiger partial charge < -0.3 is 10.2 Å². The van der Waals surface area contributed by atoms with Gasteiger partial charge in [-0.05, 0) is 48.9 Å². The van der Waals surface area contributed by atoms with Crippen LogP contribution in [-0.4, -0.2) is 54.1 Å². The molecule has 1 aliphatic heterocycles. The van der Waals surface area contributed by atoms with Crippen molar-refractivity contribution in [2.24, 2.45) is 0 Å². The number of aryl methyl sites for hydroxylation is 1. The molecular formula is C20H21FN6O2S. The number of benzene rings is 1. The van der Waals surface area contributed by atoms with Crippen molar-refractivity contribution >= 4 is 27.5 Å². The number of aromatic nitrogens is 3. The molecule has 2 aromatic heterocycles. The Bertz CT molecular complexity index is 1130. The van der Waals surface area contributed by atoms with Crippen LogP contribution in [0.3, 0.4) is 0 Å². The maximum Gasteiger partial charge on any atom is 0.246 e. The molecule has 10 heteroatoms. The van der Waals surface area contributed by atoms with Gasteiger partial charge in [-0.3, -0.25) is 0 Å². The van der Waals surface area contributed by atoms with Crippen molar-refractivity contribution in [1.29, 1.82) is 0 Å². The lowest BCUT2D eigenvalue weighted by Crippen LogP contribution is -2.49. The topological polar surface area (TPSA) is 91.3 Å². The first-order valence-corrected chi connectivity index (χ1v) is 10.9. The minimum Gasteiger partial charge on any atom is -0.352 e. The van der Waals surface area contributed by atoms with Crippen LogP contribution in [0, 0.1) is 12.7 Å². The highest BCUT2D eigenvalue weighted by Gasteiger charge is 2.30. The average molecular weight is 428 g/mol. The lowest BCUT2D eigenvalue weighted by atomic mass is 10.3. The van der Waals surface area contributed by atoms with E-state index in [0.717, 1.165) is 11.6 Å². The quantitative estimate of drug-likeness (QED) is 0.668. The zero-order chi connectivity index (χ0) is 21.1. The van der Waals surface area contributed by atoms with Gasteiger partial charge in [-0.15, -0.1) is 10.2 Å². The second-order valence-electron chi connectivity index (χ2n) is 6.94. The maximum atomic E-state index is 14.0. The van der Waals surface area contributed by atoms with Crippen LogP contribution in [0.5, 0.6) is 0 Å². The van der Waals surface area contributed by atoms with Crippen LogP contribution in [0.25, 0.3) is 0 Å². The third-order valence-corrected chi connectivity index (χ3v) is 6.77. The summed E-state index contributed by atoms with van der Waals surface area (Å²) >= 11 is 0. The number of sulfonamides is 1. The summed E-state index contributed by atoms with van der Waals surface area (Å²) in [7, 11) is -3.86. The molecule has 0 aliphatic carbocycles. The predicted octanol–water partition coefficient (Wildman–Crippen LogP) is 2.57. The Kier molecular flexibility index (Phi) is 5.60. The molecular weight excluding hydrogens is 407 g/mol. The van der Waals surface area contributed by atoms with Gasteiger partial charge >= 0.3 is 0 Å². The van der Waals surface area contributed by atoms with Gasteiger partial charge in [0.2, 0.25) is 10.0 Å². The normalized spacial score (nSPS) is 15.2. The molecule has 0 unspecified atom stereocenters. The number of rotatable bonds is 5. The van der Waals surface area contributed by atoms with Crippen LogP contribution >= 0.6 is 0 Å². The van der Waals surface area contributed by atoms with Gasteiger partial charge in [0.15, 0.2) is 11.6 Å². The molecule has 1 saturated heterocycles. The Morgan fingerprint density at radius 1 is 0.967 bits per heavy atom. The van der Waals surface area contributed by atoms with Gasteiger partial charge in [-0.1, -0.05) is 12.1 Å². The molecule has 1 fully saturated rings. The molecule has 30 heavy (non-hydrogen) atoms. The van der Waals surface area contributed by atoms with Crippen LogP contribution in [0.15, 0.2) is 59.6 Å². The van der Waals surface area contributed by atoms with Gasteiger partial charge in [0, 0.05) is 32.4 Å². The lowest BCUT2D eigenvalue weighted by Gasteiger charge is -2.34. The first-order valence-electron chi connectivity index (χ1n) is 9.46. The molecule has 1 aliphatic rings. The zero-order valence-electron chi connectivity index (χ0n) is 16.4. The van der Waals surface area contributed by atoms with Crippen molar-refractivity contribution in [3.63, 3.8) is 0 Å². The fraction of sp³-hybridized carbons (Fsp3) is 0.250. The second kappa shape index (κ2) is 8.33. The van der Waals surface area contributed by atoms with E-state index in [-0.39, 0.29) is 18.0 Å². The van der Waals surface area contributed by atoms with Gasteiger partial charge in [-0.2, -0.15) is 4.31 Å². The number of pyridine rings is 1. The van der Waals surface area contributed by atoms with Crippen molar-refractivity contribution in [2.75, 3.05) is 36.4 Å². The molecule has 0 spiro atoms. The Labute approximate surface area is 174 Å². The third kappa shape index (κ3) is 4.24. The molecule has 0 bridgehead atoms. The highest BCUT2D eigenvalue weighted by atomic mass is 32.2. The first-order chi connectivity index (χ1) is 14.4. The Morgan fingerprint density at radius 2 is 1.73 bits per heavy atom. The molecule has 3 heterocycles. The van der Waals surface area contributed by atoms with Crippen LogP contribution in [0.2, 0.25) is 0 Å². The Balaban J connectivity index is 1.40. The number of anilines is 3. The second-order valence-corrected chi connectivity index (χ2v) is 8.85. The average Bonchev–Trinajstić information content (AvgIpc) is 2.75. The Hall–Kier alpha value is -3.11. The minimum absolute atomic E-state index is 0.242. The molecule has 0 atom stereocenters.